The smallest absolute Gasteiger partial charge is 0.377 e. The van der Waals surface area contributed by atoms with Crippen LogP contribution in [-0.4, -0.2) is 36.6 Å². The molecule has 0 saturated heterocycles. The maximum Gasteiger partial charge on any atom is 0.377 e. The van der Waals surface area contributed by atoms with Gasteiger partial charge in [0.2, 0.25) is 0 Å². The SMILES string of the molecule is O=C(O)c1noc(-c2cn[nH]n2)n1. The van der Waals surface area contributed by atoms with Crippen LogP contribution in [0.1, 0.15) is 10.6 Å². The Labute approximate surface area is 70.6 Å². The van der Waals surface area contributed by atoms with E-state index >= 15 is 0 Å². The van der Waals surface area contributed by atoms with Gasteiger partial charge in [-0.3, -0.25) is 0 Å². The Morgan fingerprint density at radius 2 is 2.46 bits per heavy atom. The lowest BCUT2D eigenvalue weighted by Gasteiger charge is -1.79. The third-order valence-electron chi connectivity index (χ3n) is 1.25. The zero-order valence-corrected chi connectivity index (χ0v) is 6.13. The molecule has 66 valence electrons. The molecule has 13 heavy (non-hydrogen) atoms. The van der Waals surface area contributed by atoms with Crippen molar-refractivity contribution in [2.24, 2.45) is 0 Å². The van der Waals surface area contributed by atoms with Crippen LogP contribution in [0.4, 0.5) is 0 Å². The first-order chi connectivity index (χ1) is 6.27. The summed E-state index contributed by atoms with van der Waals surface area (Å²) in [7, 11) is 0. The molecule has 0 aliphatic rings. The maximum absolute atomic E-state index is 10.4. The number of aromatic amines is 1. The number of H-pyrrole nitrogens is 1. The molecule has 2 aromatic rings. The van der Waals surface area contributed by atoms with Crippen molar-refractivity contribution in [3.63, 3.8) is 0 Å². The van der Waals surface area contributed by atoms with Gasteiger partial charge in [-0.25, -0.2) is 4.79 Å². The molecule has 0 saturated carbocycles. The molecule has 0 aromatic carbocycles. The van der Waals surface area contributed by atoms with Crippen LogP contribution >= 0.6 is 0 Å². The Bertz CT molecular complexity index is 419. The van der Waals surface area contributed by atoms with E-state index in [0.717, 1.165) is 0 Å². The molecule has 0 radical (unpaired) electrons. The molecule has 0 aliphatic carbocycles. The molecule has 0 amide bonds. The van der Waals surface area contributed by atoms with E-state index in [4.69, 9.17) is 5.11 Å². The van der Waals surface area contributed by atoms with Crippen molar-refractivity contribution in [3.05, 3.63) is 12.0 Å². The fourth-order valence-electron chi connectivity index (χ4n) is 0.719. The van der Waals surface area contributed by atoms with Crippen molar-refractivity contribution in [1.82, 2.24) is 25.6 Å². The Balaban J connectivity index is 2.39. The number of hydrogen-bond acceptors (Lipinski definition) is 6. The van der Waals surface area contributed by atoms with Gasteiger partial charge in [-0.05, 0) is 5.16 Å². The molecular weight excluding hydrogens is 178 g/mol. The van der Waals surface area contributed by atoms with Crippen LogP contribution in [0.5, 0.6) is 0 Å². The highest BCUT2D eigenvalue weighted by atomic mass is 16.5. The fourth-order valence-corrected chi connectivity index (χ4v) is 0.719. The maximum atomic E-state index is 10.4. The topological polar surface area (TPSA) is 118 Å². The molecule has 0 spiro atoms. The zero-order valence-electron chi connectivity index (χ0n) is 6.13. The molecule has 0 unspecified atom stereocenters. The van der Waals surface area contributed by atoms with E-state index in [9.17, 15) is 4.79 Å². The summed E-state index contributed by atoms with van der Waals surface area (Å²) in [5.41, 5.74) is 0.306. The number of aromatic nitrogens is 5. The van der Waals surface area contributed by atoms with E-state index < -0.39 is 11.8 Å². The second kappa shape index (κ2) is 2.66. The van der Waals surface area contributed by atoms with Crippen LogP contribution in [0.3, 0.4) is 0 Å². The third kappa shape index (κ3) is 1.24. The number of carbonyl (C=O) groups is 1. The number of nitrogens with zero attached hydrogens (tertiary/aromatic N) is 4. The normalized spacial score (nSPS) is 10.2. The van der Waals surface area contributed by atoms with Gasteiger partial charge in [0.25, 0.3) is 11.7 Å². The summed E-state index contributed by atoms with van der Waals surface area (Å²) < 4.78 is 4.61. The lowest BCUT2D eigenvalue weighted by Crippen LogP contribution is -1.98. The van der Waals surface area contributed by atoms with Crippen LogP contribution in [-0.2, 0) is 0 Å². The number of aromatic carboxylic acids is 1. The second-order valence-electron chi connectivity index (χ2n) is 2.08. The molecule has 0 bridgehead atoms. The lowest BCUT2D eigenvalue weighted by molar-refractivity contribution is 0.0680. The van der Waals surface area contributed by atoms with Crippen LogP contribution in [0.2, 0.25) is 0 Å². The molecule has 0 atom stereocenters. The van der Waals surface area contributed by atoms with E-state index in [-0.39, 0.29) is 5.89 Å². The number of hydrogen-bond donors (Lipinski definition) is 2. The molecule has 2 heterocycles. The highest BCUT2D eigenvalue weighted by molar-refractivity contribution is 5.83. The van der Waals surface area contributed by atoms with Crippen molar-refractivity contribution >= 4 is 5.97 Å². The van der Waals surface area contributed by atoms with E-state index in [1.165, 1.54) is 6.20 Å². The molecular formula is C5H3N5O3. The molecule has 0 fully saturated rings. The average molecular weight is 181 g/mol. The first-order valence-corrected chi connectivity index (χ1v) is 3.20. The van der Waals surface area contributed by atoms with E-state index in [0.29, 0.717) is 5.69 Å². The average Bonchev–Trinajstić information content (AvgIpc) is 2.75. The van der Waals surface area contributed by atoms with Crippen molar-refractivity contribution in [1.29, 1.82) is 0 Å². The van der Waals surface area contributed by atoms with Gasteiger partial charge in [-0.1, -0.05) is 0 Å². The van der Waals surface area contributed by atoms with Gasteiger partial charge >= 0.3 is 5.97 Å². The van der Waals surface area contributed by atoms with Crippen LogP contribution in [0, 0.1) is 0 Å². The third-order valence-corrected chi connectivity index (χ3v) is 1.25. The van der Waals surface area contributed by atoms with E-state index in [2.05, 4.69) is 30.1 Å². The number of carboxylic acid groups (broad SMARTS) is 1. The lowest BCUT2D eigenvalue weighted by atomic mass is 10.5. The van der Waals surface area contributed by atoms with Gasteiger partial charge in [0.15, 0.2) is 5.69 Å². The van der Waals surface area contributed by atoms with Crippen LogP contribution < -0.4 is 0 Å². The summed E-state index contributed by atoms with van der Waals surface area (Å²) in [4.78, 5) is 13.9. The fraction of sp³-hybridized carbons (Fsp3) is 0. The first-order valence-electron chi connectivity index (χ1n) is 3.20. The quantitative estimate of drug-likeness (QED) is 0.644. The van der Waals surface area contributed by atoms with Crippen LogP contribution in [0.15, 0.2) is 10.7 Å². The van der Waals surface area contributed by atoms with Crippen molar-refractivity contribution in [3.8, 4) is 11.6 Å². The minimum absolute atomic E-state index is 0.0196. The minimum Gasteiger partial charge on any atom is -0.475 e. The van der Waals surface area contributed by atoms with Gasteiger partial charge in [-0.2, -0.15) is 20.4 Å². The Morgan fingerprint density at radius 3 is 3.00 bits per heavy atom. The monoisotopic (exact) mass is 181 g/mol. The molecule has 2 N–H and O–H groups in total. The first kappa shape index (κ1) is 7.40. The largest absolute Gasteiger partial charge is 0.475 e. The minimum atomic E-state index is -1.25. The summed E-state index contributed by atoms with van der Waals surface area (Å²) in [5.74, 6) is -1.64. The Kier molecular flexibility index (Phi) is 1.51. The van der Waals surface area contributed by atoms with Gasteiger partial charge in [0, 0.05) is 0 Å². The van der Waals surface area contributed by atoms with Crippen molar-refractivity contribution in [2.75, 3.05) is 0 Å². The summed E-state index contributed by atoms with van der Waals surface area (Å²) >= 11 is 0. The number of nitrogens with one attached hydrogen (secondary N) is 1. The van der Waals surface area contributed by atoms with Crippen molar-refractivity contribution < 1.29 is 14.4 Å². The molecule has 8 nitrogen and oxygen atoms in total. The Morgan fingerprint density at radius 1 is 1.62 bits per heavy atom. The van der Waals surface area contributed by atoms with Crippen LogP contribution in [0.25, 0.3) is 11.6 Å². The zero-order chi connectivity index (χ0) is 9.26. The standard InChI is InChI=1S/C5H3N5O3/c11-5(12)3-7-4(13-9-3)2-1-6-10-8-2/h1H,(H,11,12)(H,6,8,10). The predicted molar refractivity (Wildman–Crippen MR) is 36.6 cm³/mol. The van der Waals surface area contributed by atoms with E-state index in [1.807, 2.05) is 0 Å². The highest BCUT2D eigenvalue weighted by Gasteiger charge is 2.15. The summed E-state index contributed by atoms with van der Waals surface area (Å²) in [6.07, 6.45) is 1.35. The van der Waals surface area contributed by atoms with Gasteiger partial charge < -0.3 is 9.63 Å². The number of rotatable bonds is 2. The summed E-state index contributed by atoms with van der Waals surface area (Å²) in [6.45, 7) is 0. The number of carboxylic acids is 1. The Hall–Kier alpha value is -2.25. The van der Waals surface area contributed by atoms with E-state index in [1.54, 1.807) is 0 Å². The highest BCUT2D eigenvalue weighted by Crippen LogP contribution is 2.11. The molecule has 0 aliphatic heterocycles. The van der Waals surface area contributed by atoms with Crippen molar-refractivity contribution in [2.45, 2.75) is 0 Å². The van der Waals surface area contributed by atoms with Gasteiger partial charge in [-0.15, -0.1) is 0 Å². The molecule has 8 heteroatoms. The summed E-state index contributed by atoms with van der Waals surface area (Å²) in [5, 5.41) is 21.1. The van der Waals surface area contributed by atoms with Gasteiger partial charge in [0.05, 0.1) is 6.20 Å². The molecule has 2 rings (SSSR count). The molecule has 2 aromatic heterocycles. The second-order valence-corrected chi connectivity index (χ2v) is 2.08. The predicted octanol–water partition coefficient (Wildman–Crippen LogP) is -0.447. The van der Waals surface area contributed by atoms with Gasteiger partial charge in [0.1, 0.15) is 0 Å². The summed E-state index contributed by atoms with van der Waals surface area (Å²) in [6, 6.07) is 0.